The van der Waals surface area contributed by atoms with E-state index in [1.54, 1.807) is 23.6 Å². The van der Waals surface area contributed by atoms with Crippen molar-refractivity contribution in [1.82, 2.24) is 19.9 Å². The average molecular weight is 326 g/mol. The first-order valence-corrected chi connectivity index (χ1v) is 7.16. The quantitative estimate of drug-likeness (QED) is 0.565. The third-order valence-corrected chi connectivity index (χ3v) is 3.39. The minimum atomic E-state index is -0.520. The van der Waals surface area contributed by atoms with Crippen LogP contribution in [0.3, 0.4) is 0 Å². The Labute approximate surface area is 136 Å². The molecule has 9 heteroatoms. The Balaban J connectivity index is 1.70. The highest BCUT2D eigenvalue weighted by Crippen LogP contribution is 2.17. The fourth-order valence-corrected chi connectivity index (χ4v) is 2.28. The number of carbonyl (C=O) groups is 1. The zero-order chi connectivity index (χ0) is 17.1. The van der Waals surface area contributed by atoms with Gasteiger partial charge < -0.3 is 10.6 Å². The number of hydrogen-bond acceptors (Lipinski definition) is 5. The van der Waals surface area contributed by atoms with Crippen molar-refractivity contribution in [3.05, 3.63) is 64.6 Å². The average Bonchev–Trinajstić information content (AvgIpc) is 2.99. The predicted molar refractivity (Wildman–Crippen MR) is 86.7 cm³/mol. The summed E-state index contributed by atoms with van der Waals surface area (Å²) in [6.07, 6.45) is 1.81. The molecule has 122 valence electrons. The van der Waals surface area contributed by atoms with Gasteiger partial charge >= 0.3 is 6.03 Å². The molecule has 1 aromatic carbocycles. The monoisotopic (exact) mass is 326 g/mol. The third kappa shape index (κ3) is 3.14. The van der Waals surface area contributed by atoms with Gasteiger partial charge in [0.25, 0.3) is 5.69 Å². The number of nitrogens with zero attached hydrogens (tertiary/aromatic N) is 4. The van der Waals surface area contributed by atoms with Crippen LogP contribution in [0, 0.1) is 10.1 Å². The van der Waals surface area contributed by atoms with Crippen LogP contribution in [0.2, 0.25) is 0 Å². The molecule has 2 heterocycles. The second kappa shape index (κ2) is 6.32. The molecule has 2 aromatic heterocycles. The van der Waals surface area contributed by atoms with Crippen LogP contribution in [0.25, 0.3) is 5.65 Å². The number of anilines is 1. The molecule has 24 heavy (non-hydrogen) atoms. The largest absolute Gasteiger partial charge is 0.328 e. The Hall–Kier alpha value is -3.49. The molecule has 0 unspecified atom stereocenters. The number of aromatic nitrogens is 3. The second-order valence-corrected chi connectivity index (χ2v) is 5.11. The van der Waals surface area contributed by atoms with Gasteiger partial charge in [0.2, 0.25) is 0 Å². The second-order valence-electron chi connectivity index (χ2n) is 5.11. The topological polar surface area (TPSA) is 114 Å². The van der Waals surface area contributed by atoms with E-state index in [1.807, 2.05) is 18.2 Å². The van der Waals surface area contributed by atoms with Crippen LogP contribution in [0.1, 0.15) is 18.8 Å². The van der Waals surface area contributed by atoms with Crippen LogP contribution in [-0.4, -0.2) is 25.6 Å². The molecule has 0 bridgehead atoms. The lowest BCUT2D eigenvalue weighted by molar-refractivity contribution is -0.384. The Morgan fingerprint density at radius 3 is 2.88 bits per heavy atom. The van der Waals surface area contributed by atoms with Crippen molar-refractivity contribution in [3.63, 3.8) is 0 Å². The molecule has 0 aliphatic carbocycles. The smallest absolute Gasteiger partial charge is 0.319 e. The Morgan fingerprint density at radius 2 is 2.08 bits per heavy atom. The standard InChI is InChI=1S/C15H14N6O3/c1-10(14-19-18-13-7-2-3-8-20(13)14)16-15(22)17-11-5-4-6-12(9-11)21(23)24/h2-10H,1H3,(H2,16,17,22)/t10-/m1/s1. The molecule has 0 fully saturated rings. The minimum absolute atomic E-state index is 0.0932. The van der Waals surface area contributed by atoms with Gasteiger partial charge in [-0.2, -0.15) is 0 Å². The SMILES string of the molecule is C[C@@H](NC(=O)Nc1cccc([N+](=O)[O-])c1)c1nnc2ccccn12. The maximum absolute atomic E-state index is 12.1. The number of pyridine rings is 1. The summed E-state index contributed by atoms with van der Waals surface area (Å²) < 4.78 is 1.78. The van der Waals surface area contributed by atoms with E-state index in [0.717, 1.165) is 0 Å². The first kappa shape index (κ1) is 15.4. The molecule has 9 nitrogen and oxygen atoms in total. The van der Waals surface area contributed by atoms with Crippen LogP contribution < -0.4 is 10.6 Å². The van der Waals surface area contributed by atoms with E-state index >= 15 is 0 Å². The van der Waals surface area contributed by atoms with E-state index in [0.29, 0.717) is 17.2 Å². The van der Waals surface area contributed by atoms with E-state index in [-0.39, 0.29) is 5.69 Å². The van der Waals surface area contributed by atoms with Gasteiger partial charge in [-0.15, -0.1) is 10.2 Å². The molecule has 3 rings (SSSR count). The fourth-order valence-electron chi connectivity index (χ4n) is 2.28. The molecule has 3 aromatic rings. The molecular formula is C15H14N6O3. The molecule has 0 aliphatic heterocycles. The van der Waals surface area contributed by atoms with Crippen LogP contribution in [-0.2, 0) is 0 Å². The first-order valence-electron chi connectivity index (χ1n) is 7.16. The van der Waals surface area contributed by atoms with Crippen molar-refractivity contribution in [3.8, 4) is 0 Å². The molecule has 0 aliphatic rings. The van der Waals surface area contributed by atoms with Crippen molar-refractivity contribution in [2.45, 2.75) is 13.0 Å². The lowest BCUT2D eigenvalue weighted by atomic mass is 10.3. The minimum Gasteiger partial charge on any atom is -0.328 e. The van der Waals surface area contributed by atoms with Crippen LogP contribution in [0.15, 0.2) is 48.7 Å². The molecule has 2 N–H and O–H groups in total. The fraction of sp³-hybridized carbons (Fsp3) is 0.133. The highest BCUT2D eigenvalue weighted by Gasteiger charge is 2.16. The maximum atomic E-state index is 12.1. The molecular weight excluding hydrogens is 312 g/mol. The number of urea groups is 1. The number of carbonyl (C=O) groups excluding carboxylic acids is 1. The van der Waals surface area contributed by atoms with Gasteiger partial charge in [-0.1, -0.05) is 12.1 Å². The predicted octanol–water partition coefficient (Wildman–Crippen LogP) is 2.52. The number of rotatable bonds is 4. The molecule has 0 saturated carbocycles. The van der Waals surface area contributed by atoms with Crippen molar-refractivity contribution in [1.29, 1.82) is 0 Å². The first-order chi connectivity index (χ1) is 11.5. The summed E-state index contributed by atoms with van der Waals surface area (Å²) in [5.41, 5.74) is 0.921. The van der Waals surface area contributed by atoms with Gasteiger partial charge in [-0.05, 0) is 25.1 Å². The zero-order valence-electron chi connectivity index (χ0n) is 12.7. The summed E-state index contributed by atoms with van der Waals surface area (Å²) in [6.45, 7) is 1.77. The summed E-state index contributed by atoms with van der Waals surface area (Å²) in [4.78, 5) is 22.3. The van der Waals surface area contributed by atoms with Crippen molar-refractivity contribution in [2.75, 3.05) is 5.32 Å². The lowest BCUT2D eigenvalue weighted by Crippen LogP contribution is -2.32. The van der Waals surface area contributed by atoms with E-state index in [1.165, 1.54) is 18.2 Å². The summed E-state index contributed by atoms with van der Waals surface area (Å²) in [7, 11) is 0. The van der Waals surface area contributed by atoms with E-state index in [9.17, 15) is 14.9 Å². The van der Waals surface area contributed by atoms with Gasteiger partial charge in [0.05, 0.1) is 11.0 Å². The van der Waals surface area contributed by atoms with Crippen LogP contribution in [0.5, 0.6) is 0 Å². The van der Waals surface area contributed by atoms with E-state index < -0.39 is 17.0 Å². The molecule has 2 amide bonds. The molecule has 0 spiro atoms. The van der Waals surface area contributed by atoms with Gasteiger partial charge in [0.15, 0.2) is 11.5 Å². The van der Waals surface area contributed by atoms with Crippen molar-refractivity contribution in [2.24, 2.45) is 0 Å². The molecule has 0 saturated heterocycles. The zero-order valence-corrected chi connectivity index (χ0v) is 12.7. The number of nitro benzene ring substituents is 1. The molecule has 1 atom stereocenters. The van der Waals surface area contributed by atoms with Gasteiger partial charge in [-0.3, -0.25) is 14.5 Å². The highest BCUT2D eigenvalue weighted by molar-refractivity contribution is 5.89. The number of nitrogens with one attached hydrogen (secondary N) is 2. The Kier molecular flexibility index (Phi) is 4.06. The van der Waals surface area contributed by atoms with Crippen LogP contribution >= 0.6 is 0 Å². The lowest BCUT2D eigenvalue weighted by Gasteiger charge is -2.13. The number of non-ortho nitro benzene ring substituents is 1. The van der Waals surface area contributed by atoms with Gasteiger partial charge in [0, 0.05) is 24.0 Å². The van der Waals surface area contributed by atoms with E-state index in [2.05, 4.69) is 20.8 Å². The normalized spacial score (nSPS) is 11.9. The summed E-state index contributed by atoms with van der Waals surface area (Å²) in [5.74, 6) is 0.583. The summed E-state index contributed by atoms with van der Waals surface area (Å²) in [5, 5.41) is 24.2. The summed E-state index contributed by atoms with van der Waals surface area (Å²) in [6, 6.07) is 10.3. The Bertz CT molecular complexity index is 907. The number of nitro groups is 1. The Morgan fingerprint density at radius 1 is 1.25 bits per heavy atom. The van der Waals surface area contributed by atoms with Crippen molar-refractivity contribution < 1.29 is 9.72 Å². The van der Waals surface area contributed by atoms with Gasteiger partial charge in [-0.25, -0.2) is 4.79 Å². The van der Waals surface area contributed by atoms with Crippen molar-refractivity contribution >= 4 is 23.1 Å². The number of benzene rings is 1. The number of hydrogen-bond donors (Lipinski definition) is 2. The number of fused-ring (bicyclic) bond motifs is 1. The van der Waals surface area contributed by atoms with E-state index in [4.69, 9.17) is 0 Å². The number of amides is 2. The highest BCUT2D eigenvalue weighted by atomic mass is 16.6. The van der Waals surface area contributed by atoms with Gasteiger partial charge in [0.1, 0.15) is 0 Å². The third-order valence-electron chi connectivity index (χ3n) is 3.39. The summed E-state index contributed by atoms with van der Waals surface area (Å²) >= 11 is 0. The molecule has 0 radical (unpaired) electrons. The van der Waals surface area contributed by atoms with Crippen LogP contribution in [0.4, 0.5) is 16.2 Å². The maximum Gasteiger partial charge on any atom is 0.319 e.